The Bertz CT molecular complexity index is 326. The highest BCUT2D eigenvalue weighted by Gasteiger charge is 2.42. The highest BCUT2D eigenvalue weighted by Crippen LogP contribution is 2.25. The number of rotatable bonds is 3. The molecule has 1 atom stereocenters. The Kier molecular flexibility index (Phi) is 3.81. The number of hydrogen-bond donors (Lipinski definition) is 1. The molecule has 1 aliphatic rings. The summed E-state index contributed by atoms with van der Waals surface area (Å²) in [7, 11) is 0. The smallest absolute Gasteiger partial charge is 0.320 e. The van der Waals surface area contributed by atoms with Crippen molar-refractivity contribution >= 4 is 11.9 Å². The zero-order valence-electron chi connectivity index (χ0n) is 11.2. The van der Waals surface area contributed by atoms with Crippen molar-refractivity contribution in [2.45, 2.75) is 52.2 Å². The van der Waals surface area contributed by atoms with Crippen LogP contribution in [0.1, 0.15) is 34.6 Å². The van der Waals surface area contributed by atoms with Gasteiger partial charge in [0.1, 0.15) is 6.04 Å². The summed E-state index contributed by atoms with van der Waals surface area (Å²) in [6.45, 7) is 10.3. The number of carboxylic acids is 1. The maximum atomic E-state index is 12.1. The molecule has 98 valence electrons. The van der Waals surface area contributed by atoms with E-state index in [4.69, 9.17) is 5.11 Å². The molecule has 0 aliphatic carbocycles. The van der Waals surface area contributed by atoms with Gasteiger partial charge >= 0.3 is 5.97 Å². The lowest BCUT2D eigenvalue weighted by Gasteiger charge is -2.49. The van der Waals surface area contributed by atoms with E-state index < -0.39 is 12.0 Å². The Morgan fingerprint density at radius 1 is 1.35 bits per heavy atom. The minimum Gasteiger partial charge on any atom is -0.480 e. The largest absolute Gasteiger partial charge is 0.480 e. The molecule has 1 amide bonds. The number of nitrogens with zero attached hydrogens (tertiary/aromatic N) is 2. The van der Waals surface area contributed by atoms with Gasteiger partial charge < -0.3 is 10.0 Å². The first kappa shape index (κ1) is 14.0. The molecule has 1 rings (SSSR count). The van der Waals surface area contributed by atoms with E-state index >= 15 is 0 Å². The number of carbonyl (C=O) groups is 2. The fourth-order valence-corrected chi connectivity index (χ4v) is 2.63. The van der Waals surface area contributed by atoms with Crippen LogP contribution >= 0.6 is 0 Å². The molecule has 1 aliphatic heterocycles. The fourth-order valence-electron chi connectivity index (χ4n) is 2.63. The lowest BCUT2D eigenvalue weighted by atomic mass is 9.95. The Labute approximate surface area is 102 Å². The standard InChI is InChI=1S/C12H22N2O3/c1-8(2)14-10(15)6-13(7-12(14,4)5)9(3)11(16)17/h8-9H,6-7H2,1-5H3,(H,16,17). The Balaban J connectivity index is 2.89. The second-order valence-corrected chi connectivity index (χ2v) is 5.59. The SMILES string of the molecule is CC(C(=O)O)N1CC(=O)N(C(C)C)C(C)(C)C1. The van der Waals surface area contributed by atoms with Gasteiger partial charge in [-0.15, -0.1) is 0 Å². The number of aliphatic carboxylic acids is 1. The first-order chi connectivity index (χ1) is 7.66. The average Bonchev–Trinajstić information content (AvgIpc) is 2.12. The second kappa shape index (κ2) is 4.64. The molecular formula is C12H22N2O3. The molecule has 0 bridgehead atoms. The normalized spacial score (nSPS) is 22.9. The molecule has 1 unspecified atom stereocenters. The summed E-state index contributed by atoms with van der Waals surface area (Å²) in [6, 6.07) is -0.479. The van der Waals surface area contributed by atoms with Gasteiger partial charge in [0.05, 0.1) is 12.1 Å². The zero-order valence-corrected chi connectivity index (χ0v) is 11.2. The van der Waals surface area contributed by atoms with Crippen LogP contribution in [0, 0.1) is 0 Å². The van der Waals surface area contributed by atoms with E-state index in [2.05, 4.69) is 0 Å². The second-order valence-electron chi connectivity index (χ2n) is 5.59. The van der Waals surface area contributed by atoms with Gasteiger partial charge in [0.2, 0.25) is 5.91 Å². The lowest BCUT2D eigenvalue weighted by Crippen LogP contribution is -2.65. The summed E-state index contributed by atoms with van der Waals surface area (Å²) in [5, 5.41) is 9.00. The monoisotopic (exact) mass is 242 g/mol. The van der Waals surface area contributed by atoms with Crippen molar-refractivity contribution in [3.8, 4) is 0 Å². The third-order valence-corrected chi connectivity index (χ3v) is 3.27. The van der Waals surface area contributed by atoms with Crippen LogP contribution in [-0.2, 0) is 9.59 Å². The molecule has 1 saturated heterocycles. The van der Waals surface area contributed by atoms with Crippen molar-refractivity contribution in [2.75, 3.05) is 13.1 Å². The van der Waals surface area contributed by atoms with Crippen LogP contribution in [0.5, 0.6) is 0 Å². The van der Waals surface area contributed by atoms with Crippen LogP contribution in [0.2, 0.25) is 0 Å². The maximum Gasteiger partial charge on any atom is 0.320 e. The van der Waals surface area contributed by atoms with E-state index in [-0.39, 0.29) is 24.0 Å². The quantitative estimate of drug-likeness (QED) is 0.795. The molecule has 0 radical (unpaired) electrons. The molecule has 0 spiro atoms. The first-order valence-corrected chi connectivity index (χ1v) is 5.96. The summed E-state index contributed by atoms with van der Waals surface area (Å²) >= 11 is 0. The first-order valence-electron chi connectivity index (χ1n) is 5.96. The van der Waals surface area contributed by atoms with Crippen molar-refractivity contribution in [3.63, 3.8) is 0 Å². The van der Waals surface area contributed by atoms with E-state index in [0.717, 1.165) is 0 Å². The summed E-state index contributed by atoms with van der Waals surface area (Å²) in [6.07, 6.45) is 0. The highest BCUT2D eigenvalue weighted by atomic mass is 16.4. The Morgan fingerprint density at radius 3 is 2.24 bits per heavy atom. The van der Waals surface area contributed by atoms with E-state index in [9.17, 15) is 9.59 Å². The minimum absolute atomic E-state index is 0.00403. The van der Waals surface area contributed by atoms with Crippen LogP contribution in [0.3, 0.4) is 0 Å². The number of amides is 1. The fraction of sp³-hybridized carbons (Fsp3) is 0.833. The summed E-state index contributed by atoms with van der Waals surface area (Å²) in [5.74, 6) is -0.879. The molecule has 0 aromatic rings. The van der Waals surface area contributed by atoms with Gasteiger partial charge in [-0.25, -0.2) is 0 Å². The van der Waals surface area contributed by atoms with Crippen LogP contribution in [0.25, 0.3) is 0 Å². The molecule has 0 aromatic carbocycles. The highest BCUT2D eigenvalue weighted by molar-refractivity contribution is 5.82. The molecular weight excluding hydrogens is 220 g/mol. The molecule has 17 heavy (non-hydrogen) atoms. The molecule has 0 aromatic heterocycles. The summed E-state index contributed by atoms with van der Waals surface area (Å²) < 4.78 is 0. The van der Waals surface area contributed by atoms with E-state index in [1.54, 1.807) is 11.8 Å². The predicted molar refractivity (Wildman–Crippen MR) is 64.7 cm³/mol. The topological polar surface area (TPSA) is 60.9 Å². The third kappa shape index (κ3) is 2.77. The number of hydrogen-bond acceptors (Lipinski definition) is 3. The van der Waals surface area contributed by atoms with Gasteiger partial charge in [-0.2, -0.15) is 0 Å². The van der Waals surface area contributed by atoms with Crippen LogP contribution < -0.4 is 0 Å². The van der Waals surface area contributed by atoms with Gasteiger partial charge in [0.25, 0.3) is 0 Å². The zero-order chi connectivity index (χ0) is 13.4. The molecule has 5 nitrogen and oxygen atoms in total. The molecule has 1 N–H and O–H groups in total. The van der Waals surface area contributed by atoms with E-state index in [1.165, 1.54) is 0 Å². The average molecular weight is 242 g/mol. The molecule has 1 heterocycles. The predicted octanol–water partition coefficient (Wildman–Crippen LogP) is 0.791. The van der Waals surface area contributed by atoms with Crippen molar-refractivity contribution in [1.29, 1.82) is 0 Å². The van der Waals surface area contributed by atoms with Crippen molar-refractivity contribution < 1.29 is 14.7 Å². The van der Waals surface area contributed by atoms with Crippen LogP contribution in [0.15, 0.2) is 0 Å². The van der Waals surface area contributed by atoms with Crippen LogP contribution in [0.4, 0.5) is 0 Å². The summed E-state index contributed by atoms with van der Waals surface area (Å²) in [5.41, 5.74) is -0.326. The maximum absolute atomic E-state index is 12.1. The van der Waals surface area contributed by atoms with Gasteiger partial charge in [-0.3, -0.25) is 14.5 Å². The van der Waals surface area contributed by atoms with E-state index in [0.29, 0.717) is 6.54 Å². The van der Waals surface area contributed by atoms with Crippen molar-refractivity contribution in [2.24, 2.45) is 0 Å². The van der Waals surface area contributed by atoms with Gasteiger partial charge in [0.15, 0.2) is 0 Å². The minimum atomic E-state index is -0.883. The Morgan fingerprint density at radius 2 is 1.88 bits per heavy atom. The van der Waals surface area contributed by atoms with Crippen molar-refractivity contribution in [1.82, 2.24) is 9.80 Å². The van der Waals surface area contributed by atoms with Gasteiger partial charge in [-0.1, -0.05) is 0 Å². The van der Waals surface area contributed by atoms with Gasteiger partial charge in [0, 0.05) is 12.6 Å². The third-order valence-electron chi connectivity index (χ3n) is 3.27. The van der Waals surface area contributed by atoms with Gasteiger partial charge in [-0.05, 0) is 34.6 Å². The molecule has 0 saturated carbocycles. The number of carboxylic acid groups (broad SMARTS) is 1. The summed E-state index contributed by atoms with van der Waals surface area (Å²) in [4.78, 5) is 26.6. The van der Waals surface area contributed by atoms with Crippen LogP contribution in [-0.4, -0.2) is 57.5 Å². The molecule has 5 heteroatoms. The number of piperazine rings is 1. The Hall–Kier alpha value is -1.10. The molecule has 1 fully saturated rings. The lowest BCUT2D eigenvalue weighted by molar-refractivity contribution is -0.154. The van der Waals surface area contributed by atoms with E-state index in [1.807, 2.05) is 32.6 Å². The van der Waals surface area contributed by atoms with Crippen molar-refractivity contribution in [3.05, 3.63) is 0 Å². The number of carbonyl (C=O) groups excluding carboxylic acids is 1.